The highest BCUT2D eigenvalue weighted by Crippen LogP contribution is 2.26. The van der Waals surface area contributed by atoms with Crippen LogP contribution in [0, 0.1) is 18.6 Å². The first kappa shape index (κ1) is 14.5. The SMILES string of the molecule is Cc1ncn(Nc2ccc(Cl)cc2)c1-c1ccc(F)cc1F. The molecule has 0 aliphatic rings. The Bertz CT molecular complexity index is 813. The molecule has 0 amide bonds. The van der Waals surface area contributed by atoms with Crippen LogP contribution in [0.5, 0.6) is 0 Å². The van der Waals surface area contributed by atoms with Gasteiger partial charge >= 0.3 is 0 Å². The fraction of sp³-hybridized carbons (Fsp3) is 0.0625. The summed E-state index contributed by atoms with van der Waals surface area (Å²) < 4.78 is 28.7. The van der Waals surface area contributed by atoms with Crippen LogP contribution in [-0.2, 0) is 0 Å². The number of halogens is 3. The fourth-order valence-corrected chi connectivity index (χ4v) is 2.32. The van der Waals surface area contributed by atoms with Gasteiger partial charge in [-0.05, 0) is 43.3 Å². The quantitative estimate of drug-likeness (QED) is 0.760. The molecule has 0 aliphatic heterocycles. The van der Waals surface area contributed by atoms with Crippen LogP contribution in [0.4, 0.5) is 14.5 Å². The van der Waals surface area contributed by atoms with E-state index in [-0.39, 0.29) is 5.56 Å². The van der Waals surface area contributed by atoms with Crippen molar-refractivity contribution < 1.29 is 8.78 Å². The van der Waals surface area contributed by atoms with Crippen LogP contribution in [-0.4, -0.2) is 9.66 Å². The van der Waals surface area contributed by atoms with E-state index in [1.165, 1.54) is 12.1 Å². The van der Waals surface area contributed by atoms with Gasteiger partial charge in [-0.25, -0.2) is 18.4 Å². The number of aromatic nitrogens is 2. The van der Waals surface area contributed by atoms with Gasteiger partial charge in [-0.15, -0.1) is 0 Å². The molecule has 0 spiro atoms. The summed E-state index contributed by atoms with van der Waals surface area (Å²) in [7, 11) is 0. The molecule has 0 atom stereocenters. The smallest absolute Gasteiger partial charge is 0.135 e. The van der Waals surface area contributed by atoms with Gasteiger partial charge in [0.25, 0.3) is 0 Å². The number of hydrogen-bond acceptors (Lipinski definition) is 2. The fourth-order valence-electron chi connectivity index (χ4n) is 2.19. The maximum absolute atomic E-state index is 14.0. The summed E-state index contributed by atoms with van der Waals surface area (Å²) >= 11 is 5.85. The van der Waals surface area contributed by atoms with Gasteiger partial charge in [-0.3, -0.25) is 5.43 Å². The van der Waals surface area contributed by atoms with E-state index >= 15 is 0 Å². The first-order valence-corrected chi connectivity index (χ1v) is 6.94. The highest BCUT2D eigenvalue weighted by Gasteiger charge is 2.15. The van der Waals surface area contributed by atoms with Crippen molar-refractivity contribution in [3.63, 3.8) is 0 Å². The number of nitrogens with one attached hydrogen (secondary N) is 1. The zero-order chi connectivity index (χ0) is 15.7. The van der Waals surface area contributed by atoms with E-state index in [4.69, 9.17) is 11.6 Å². The van der Waals surface area contributed by atoms with Crippen LogP contribution in [0.2, 0.25) is 5.02 Å². The predicted octanol–water partition coefficient (Wildman–Crippen LogP) is 4.67. The number of anilines is 1. The molecule has 0 fully saturated rings. The highest BCUT2D eigenvalue weighted by atomic mass is 35.5. The van der Waals surface area contributed by atoms with Crippen molar-refractivity contribution in [3.05, 3.63) is 71.1 Å². The van der Waals surface area contributed by atoms with E-state index in [9.17, 15) is 8.78 Å². The summed E-state index contributed by atoms with van der Waals surface area (Å²) in [4.78, 5) is 4.18. The van der Waals surface area contributed by atoms with Gasteiger partial charge in [-0.1, -0.05) is 11.6 Å². The largest absolute Gasteiger partial charge is 0.293 e. The van der Waals surface area contributed by atoms with Crippen LogP contribution in [0.3, 0.4) is 0 Å². The first-order valence-electron chi connectivity index (χ1n) is 6.56. The first-order chi connectivity index (χ1) is 10.5. The number of hydrogen-bond donors (Lipinski definition) is 1. The Kier molecular flexibility index (Phi) is 3.81. The van der Waals surface area contributed by atoms with E-state index in [1.54, 1.807) is 42.2 Å². The summed E-state index contributed by atoms with van der Waals surface area (Å²) in [6, 6.07) is 10.5. The van der Waals surface area contributed by atoms with Gasteiger partial charge in [0.1, 0.15) is 18.0 Å². The summed E-state index contributed by atoms with van der Waals surface area (Å²) in [6.45, 7) is 1.76. The molecular formula is C16H12ClF2N3. The Hall–Kier alpha value is -2.40. The lowest BCUT2D eigenvalue weighted by Crippen LogP contribution is -2.10. The van der Waals surface area contributed by atoms with E-state index < -0.39 is 11.6 Å². The number of rotatable bonds is 3. The summed E-state index contributed by atoms with van der Waals surface area (Å²) in [5, 5.41) is 0.622. The summed E-state index contributed by atoms with van der Waals surface area (Å²) in [6.07, 6.45) is 1.54. The molecule has 3 nitrogen and oxygen atoms in total. The normalized spacial score (nSPS) is 10.7. The lowest BCUT2D eigenvalue weighted by Gasteiger charge is -2.12. The zero-order valence-electron chi connectivity index (χ0n) is 11.6. The van der Waals surface area contributed by atoms with Crippen molar-refractivity contribution in [3.8, 4) is 11.3 Å². The molecule has 2 aromatic carbocycles. The number of aryl methyl sites for hydroxylation is 1. The Morgan fingerprint density at radius 3 is 2.50 bits per heavy atom. The summed E-state index contributed by atoms with van der Waals surface area (Å²) in [5.74, 6) is -1.25. The van der Waals surface area contributed by atoms with Crippen LogP contribution < -0.4 is 5.43 Å². The second-order valence-corrected chi connectivity index (χ2v) is 5.23. The molecule has 0 unspecified atom stereocenters. The molecule has 22 heavy (non-hydrogen) atoms. The molecule has 3 aromatic rings. The third kappa shape index (κ3) is 2.80. The van der Waals surface area contributed by atoms with Crippen molar-refractivity contribution in [2.24, 2.45) is 0 Å². The predicted molar refractivity (Wildman–Crippen MR) is 82.8 cm³/mol. The molecule has 112 valence electrons. The van der Waals surface area contributed by atoms with E-state index in [2.05, 4.69) is 10.4 Å². The average Bonchev–Trinajstić information content (AvgIpc) is 2.83. The molecule has 1 N–H and O–H groups in total. The Morgan fingerprint density at radius 2 is 1.82 bits per heavy atom. The van der Waals surface area contributed by atoms with Crippen LogP contribution in [0.15, 0.2) is 48.8 Å². The van der Waals surface area contributed by atoms with Gasteiger partial charge in [0, 0.05) is 16.7 Å². The van der Waals surface area contributed by atoms with Gasteiger partial charge in [0.05, 0.1) is 17.1 Å². The van der Waals surface area contributed by atoms with Crippen molar-refractivity contribution in [1.82, 2.24) is 9.66 Å². The number of benzene rings is 2. The van der Waals surface area contributed by atoms with Crippen molar-refractivity contribution in [2.45, 2.75) is 6.92 Å². The van der Waals surface area contributed by atoms with Crippen LogP contribution >= 0.6 is 11.6 Å². The number of nitrogens with zero attached hydrogens (tertiary/aromatic N) is 2. The van der Waals surface area contributed by atoms with E-state index in [0.717, 1.165) is 11.8 Å². The minimum Gasteiger partial charge on any atom is -0.293 e. The monoisotopic (exact) mass is 319 g/mol. The van der Waals surface area contributed by atoms with Gasteiger partial charge < -0.3 is 0 Å². The minimum absolute atomic E-state index is 0.276. The third-order valence-corrected chi connectivity index (χ3v) is 3.48. The van der Waals surface area contributed by atoms with Crippen molar-refractivity contribution in [1.29, 1.82) is 0 Å². The van der Waals surface area contributed by atoms with Gasteiger partial charge in [0.2, 0.25) is 0 Å². The highest BCUT2D eigenvalue weighted by molar-refractivity contribution is 6.30. The second kappa shape index (κ2) is 5.77. The standard InChI is InChI=1S/C16H12ClF2N3/c1-10-16(14-7-4-12(18)8-15(14)19)22(9-20-10)21-13-5-2-11(17)3-6-13/h2-9,21H,1H3. The third-order valence-electron chi connectivity index (χ3n) is 3.23. The summed E-state index contributed by atoms with van der Waals surface area (Å²) in [5.41, 5.74) is 5.31. The minimum atomic E-state index is -0.636. The molecule has 0 saturated heterocycles. The van der Waals surface area contributed by atoms with Crippen molar-refractivity contribution in [2.75, 3.05) is 5.43 Å². The lowest BCUT2D eigenvalue weighted by molar-refractivity contribution is 0.585. The Morgan fingerprint density at radius 1 is 1.09 bits per heavy atom. The molecule has 0 radical (unpaired) electrons. The molecular weight excluding hydrogens is 308 g/mol. The maximum atomic E-state index is 14.0. The average molecular weight is 320 g/mol. The molecule has 6 heteroatoms. The van der Waals surface area contributed by atoms with E-state index in [1.807, 2.05) is 0 Å². The molecule has 0 aliphatic carbocycles. The van der Waals surface area contributed by atoms with Gasteiger partial charge in [0.15, 0.2) is 0 Å². The Labute approximate surface area is 131 Å². The van der Waals surface area contributed by atoms with Crippen molar-refractivity contribution >= 4 is 17.3 Å². The Balaban J connectivity index is 2.02. The molecule has 1 aromatic heterocycles. The molecule has 1 heterocycles. The number of imidazole rings is 1. The molecule has 3 rings (SSSR count). The van der Waals surface area contributed by atoms with Crippen LogP contribution in [0.25, 0.3) is 11.3 Å². The second-order valence-electron chi connectivity index (χ2n) is 4.79. The van der Waals surface area contributed by atoms with E-state index in [0.29, 0.717) is 16.4 Å². The molecule has 0 bridgehead atoms. The zero-order valence-corrected chi connectivity index (χ0v) is 12.4. The van der Waals surface area contributed by atoms with Gasteiger partial charge in [-0.2, -0.15) is 0 Å². The maximum Gasteiger partial charge on any atom is 0.135 e. The lowest BCUT2D eigenvalue weighted by atomic mass is 10.1. The molecule has 0 saturated carbocycles. The van der Waals surface area contributed by atoms with Crippen LogP contribution in [0.1, 0.15) is 5.69 Å². The topological polar surface area (TPSA) is 29.9 Å².